The van der Waals surface area contributed by atoms with Crippen LogP contribution in [0.2, 0.25) is 0 Å². The van der Waals surface area contributed by atoms with Crippen LogP contribution in [-0.4, -0.2) is 42.3 Å². The Labute approximate surface area is 183 Å². The second-order valence-electron chi connectivity index (χ2n) is 8.37. The molecule has 7 nitrogen and oxygen atoms in total. The number of piperidine rings is 1. The standard InChI is InChI=1S/C24H27N7.H2/c1-17-7-8-25-22(12-17)29-23-13-21(27-18(2)28-23)20-4-3-10-30(16-20)14-19-5-6-24-26-9-11-31(24)15-19;/h5-9,11-13,15,20H,3-4,10,14,16H2,1-2H3,(H,25,27,28,29);1H. The fourth-order valence-electron chi connectivity index (χ4n) is 4.36. The van der Waals surface area contributed by atoms with Crippen molar-refractivity contribution in [2.24, 2.45) is 0 Å². The summed E-state index contributed by atoms with van der Waals surface area (Å²) < 4.78 is 2.09. The maximum atomic E-state index is 4.78. The molecule has 7 heteroatoms. The molecular formula is C24H29N7. The van der Waals surface area contributed by atoms with E-state index >= 15 is 0 Å². The second kappa shape index (κ2) is 8.43. The van der Waals surface area contributed by atoms with Crippen LogP contribution >= 0.6 is 0 Å². The average Bonchev–Trinajstić information content (AvgIpc) is 3.21. The lowest BCUT2D eigenvalue weighted by Gasteiger charge is -2.32. The van der Waals surface area contributed by atoms with Gasteiger partial charge < -0.3 is 9.72 Å². The van der Waals surface area contributed by atoms with E-state index in [4.69, 9.17) is 4.98 Å². The van der Waals surface area contributed by atoms with Crippen molar-refractivity contribution < 1.29 is 1.43 Å². The molecular weight excluding hydrogens is 386 g/mol. The third-order valence-corrected chi connectivity index (χ3v) is 5.81. The topological polar surface area (TPSA) is 71.2 Å². The molecule has 0 saturated carbocycles. The maximum absolute atomic E-state index is 4.78. The molecule has 5 heterocycles. The van der Waals surface area contributed by atoms with E-state index < -0.39 is 0 Å². The Morgan fingerprint density at radius 3 is 2.90 bits per heavy atom. The number of nitrogens with zero attached hydrogens (tertiary/aromatic N) is 6. The molecule has 1 unspecified atom stereocenters. The summed E-state index contributed by atoms with van der Waals surface area (Å²) in [4.78, 5) is 20.6. The fraction of sp³-hybridized carbons (Fsp3) is 0.333. The predicted octanol–water partition coefficient (Wildman–Crippen LogP) is 4.51. The number of hydrogen-bond donors (Lipinski definition) is 1. The Hall–Kier alpha value is -3.32. The molecule has 4 aromatic heterocycles. The SMILES string of the molecule is Cc1ccnc(Nc2cc(C3CCCN(Cc4ccc5nccn5c4)C3)nc(C)n2)c1.[HH]. The van der Waals surface area contributed by atoms with E-state index in [9.17, 15) is 0 Å². The van der Waals surface area contributed by atoms with E-state index in [1.54, 1.807) is 0 Å². The predicted molar refractivity (Wildman–Crippen MR) is 124 cm³/mol. The van der Waals surface area contributed by atoms with Gasteiger partial charge in [0.05, 0.1) is 5.69 Å². The Balaban J connectivity index is 0.00000245. The number of likely N-dealkylation sites (tertiary alicyclic amines) is 1. The number of aryl methyl sites for hydroxylation is 2. The van der Waals surface area contributed by atoms with E-state index in [-0.39, 0.29) is 1.43 Å². The van der Waals surface area contributed by atoms with Gasteiger partial charge in [0.1, 0.15) is 23.1 Å². The zero-order valence-electron chi connectivity index (χ0n) is 18.0. The molecule has 5 rings (SSSR count). The van der Waals surface area contributed by atoms with Crippen molar-refractivity contribution in [3.63, 3.8) is 0 Å². The monoisotopic (exact) mass is 415 g/mol. The van der Waals surface area contributed by atoms with Crippen molar-refractivity contribution in [2.75, 3.05) is 18.4 Å². The van der Waals surface area contributed by atoms with Crippen LogP contribution in [0.5, 0.6) is 0 Å². The molecule has 0 radical (unpaired) electrons. The van der Waals surface area contributed by atoms with Crippen LogP contribution in [0, 0.1) is 13.8 Å². The van der Waals surface area contributed by atoms with Gasteiger partial charge in [-0.3, -0.25) is 4.90 Å². The first-order chi connectivity index (χ1) is 15.1. The molecule has 0 bridgehead atoms. The van der Waals surface area contributed by atoms with Gasteiger partial charge in [0.25, 0.3) is 0 Å². The number of hydrogen-bond acceptors (Lipinski definition) is 6. The molecule has 160 valence electrons. The van der Waals surface area contributed by atoms with E-state index in [0.29, 0.717) is 5.92 Å². The summed E-state index contributed by atoms with van der Waals surface area (Å²) in [5, 5.41) is 3.35. The largest absolute Gasteiger partial charge is 0.325 e. The van der Waals surface area contributed by atoms with Crippen molar-refractivity contribution >= 4 is 17.3 Å². The van der Waals surface area contributed by atoms with E-state index in [1.807, 2.05) is 37.6 Å². The van der Waals surface area contributed by atoms with Crippen LogP contribution in [0.15, 0.2) is 55.1 Å². The van der Waals surface area contributed by atoms with Crippen molar-refractivity contribution in [1.82, 2.24) is 29.2 Å². The number of aromatic nitrogens is 5. The minimum absolute atomic E-state index is 0. The van der Waals surface area contributed by atoms with Gasteiger partial charge in [-0.2, -0.15) is 0 Å². The highest BCUT2D eigenvalue weighted by molar-refractivity contribution is 5.52. The first-order valence-electron chi connectivity index (χ1n) is 10.8. The molecule has 1 saturated heterocycles. The van der Waals surface area contributed by atoms with Crippen LogP contribution < -0.4 is 5.32 Å². The molecule has 0 aliphatic carbocycles. The van der Waals surface area contributed by atoms with Crippen LogP contribution in [0.25, 0.3) is 5.65 Å². The molecule has 0 spiro atoms. The first kappa shape index (κ1) is 19.6. The summed E-state index contributed by atoms with van der Waals surface area (Å²) in [6, 6.07) is 10.4. The normalized spacial score (nSPS) is 17.2. The molecule has 4 aromatic rings. The highest BCUT2D eigenvalue weighted by Gasteiger charge is 2.23. The van der Waals surface area contributed by atoms with E-state index in [0.717, 1.165) is 54.9 Å². The molecule has 31 heavy (non-hydrogen) atoms. The van der Waals surface area contributed by atoms with Crippen LogP contribution in [0.4, 0.5) is 11.6 Å². The van der Waals surface area contributed by atoms with Gasteiger partial charge >= 0.3 is 0 Å². The summed E-state index contributed by atoms with van der Waals surface area (Å²) in [6.07, 6.45) is 10.1. The van der Waals surface area contributed by atoms with Gasteiger partial charge in [-0.1, -0.05) is 6.07 Å². The van der Waals surface area contributed by atoms with Crippen molar-refractivity contribution in [3.05, 3.63) is 77.8 Å². The molecule has 1 N–H and O–H groups in total. The number of nitrogens with one attached hydrogen (secondary N) is 1. The fourth-order valence-corrected chi connectivity index (χ4v) is 4.36. The molecule has 1 aliphatic rings. The van der Waals surface area contributed by atoms with Gasteiger partial charge in [-0.05, 0) is 62.6 Å². The zero-order chi connectivity index (χ0) is 21.2. The zero-order valence-corrected chi connectivity index (χ0v) is 18.0. The van der Waals surface area contributed by atoms with Crippen molar-refractivity contribution in [2.45, 2.75) is 39.2 Å². The average molecular weight is 416 g/mol. The Morgan fingerprint density at radius 1 is 1.06 bits per heavy atom. The van der Waals surface area contributed by atoms with Gasteiger partial charge in [0.2, 0.25) is 0 Å². The van der Waals surface area contributed by atoms with Crippen LogP contribution in [-0.2, 0) is 6.54 Å². The quantitative estimate of drug-likeness (QED) is 0.517. The minimum Gasteiger partial charge on any atom is -0.325 e. The number of anilines is 2. The maximum Gasteiger partial charge on any atom is 0.136 e. The second-order valence-corrected chi connectivity index (χ2v) is 8.37. The molecule has 0 amide bonds. The van der Waals surface area contributed by atoms with E-state index in [1.165, 1.54) is 17.5 Å². The van der Waals surface area contributed by atoms with Gasteiger partial charge in [0, 0.05) is 51.3 Å². The minimum atomic E-state index is 0. The molecule has 0 aromatic carbocycles. The number of rotatable bonds is 5. The highest BCUT2D eigenvalue weighted by Crippen LogP contribution is 2.28. The summed E-state index contributed by atoms with van der Waals surface area (Å²) in [7, 11) is 0. The van der Waals surface area contributed by atoms with Gasteiger partial charge in [-0.25, -0.2) is 19.9 Å². The summed E-state index contributed by atoms with van der Waals surface area (Å²) in [5.74, 6) is 2.81. The highest BCUT2D eigenvalue weighted by atomic mass is 15.1. The lowest BCUT2D eigenvalue weighted by Crippen LogP contribution is -2.34. The van der Waals surface area contributed by atoms with Crippen LogP contribution in [0.3, 0.4) is 0 Å². The molecule has 1 fully saturated rings. The van der Waals surface area contributed by atoms with Crippen LogP contribution in [0.1, 0.15) is 42.8 Å². The Kier molecular flexibility index (Phi) is 5.34. The third-order valence-electron chi connectivity index (χ3n) is 5.81. The smallest absolute Gasteiger partial charge is 0.136 e. The number of imidazole rings is 1. The number of fused-ring (bicyclic) bond motifs is 1. The summed E-state index contributed by atoms with van der Waals surface area (Å²) in [6.45, 7) is 7.07. The summed E-state index contributed by atoms with van der Waals surface area (Å²) in [5.41, 5.74) is 4.57. The van der Waals surface area contributed by atoms with Gasteiger partial charge in [0.15, 0.2) is 0 Å². The number of pyridine rings is 2. The lowest BCUT2D eigenvalue weighted by molar-refractivity contribution is 0.198. The van der Waals surface area contributed by atoms with Crippen molar-refractivity contribution in [3.8, 4) is 0 Å². The molecule has 1 aliphatic heterocycles. The van der Waals surface area contributed by atoms with Crippen molar-refractivity contribution in [1.29, 1.82) is 0 Å². The Morgan fingerprint density at radius 2 is 2.00 bits per heavy atom. The summed E-state index contributed by atoms with van der Waals surface area (Å²) >= 11 is 0. The third kappa shape index (κ3) is 4.56. The first-order valence-corrected chi connectivity index (χ1v) is 10.8. The lowest BCUT2D eigenvalue weighted by atomic mass is 9.94. The Bertz CT molecular complexity index is 1210. The van der Waals surface area contributed by atoms with E-state index in [2.05, 4.69) is 60.9 Å². The van der Waals surface area contributed by atoms with Gasteiger partial charge in [-0.15, -0.1) is 0 Å². The molecule has 1 atom stereocenters.